The highest BCUT2D eigenvalue weighted by Crippen LogP contribution is 2.29. The van der Waals surface area contributed by atoms with Crippen molar-refractivity contribution < 1.29 is 14.8 Å². The standard InChI is InChI=1S/C12H15N3O4/c1-8-7-13-11(6-10(8)15(18)19)14-4-2-3-9(14)5-12(16)17/h6-7,9H,2-5H2,1H3,(H,16,17). The first-order valence-electron chi connectivity index (χ1n) is 6.08. The van der Waals surface area contributed by atoms with Gasteiger partial charge in [0.2, 0.25) is 0 Å². The zero-order valence-corrected chi connectivity index (χ0v) is 10.6. The van der Waals surface area contributed by atoms with Crippen molar-refractivity contribution >= 4 is 17.5 Å². The molecule has 1 aromatic rings. The quantitative estimate of drug-likeness (QED) is 0.658. The maximum absolute atomic E-state index is 10.9. The molecular formula is C12H15N3O4. The van der Waals surface area contributed by atoms with Crippen LogP contribution in [0.1, 0.15) is 24.8 Å². The lowest BCUT2D eigenvalue weighted by Crippen LogP contribution is -2.31. The first-order valence-corrected chi connectivity index (χ1v) is 6.08. The van der Waals surface area contributed by atoms with E-state index in [2.05, 4.69) is 4.98 Å². The number of hydrogen-bond acceptors (Lipinski definition) is 5. The van der Waals surface area contributed by atoms with Crippen LogP contribution in [0.3, 0.4) is 0 Å². The van der Waals surface area contributed by atoms with Gasteiger partial charge in [0.15, 0.2) is 0 Å². The summed E-state index contributed by atoms with van der Waals surface area (Å²) in [5.74, 6) is -0.375. The molecule has 1 aromatic heterocycles. The van der Waals surface area contributed by atoms with Gasteiger partial charge in [0.1, 0.15) is 5.82 Å². The van der Waals surface area contributed by atoms with Crippen LogP contribution >= 0.6 is 0 Å². The number of rotatable bonds is 4. The van der Waals surface area contributed by atoms with Crippen LogP contribution in [0, 0.1) is 17.0 Å². The molecule has 1 N–H and O–H groups in total. The Morgan fingerprint density at radius 3 is 3.05 bits per heavy atom. The molecule has 2 heterocycles. The van der Waals surface area contributed by atoms with E-state index in [0.717, 1.165) is 12.8 Å². The molecule has 0 aromatic carbocycles. The molecule has 0 radical (unpaired) electrons. The van der Waals surface area contributed by atoms with Gasteiger partial charge >= 0.3 is 5.97 Å². The summed E-state index contributed by atoms with van der Waals surface area (Å²) in [5.41, 5.74) is 0.522. The average Bonchev–Trinajstić information content (AvgIpc) is 2.76. The zero-order chi connectivity index (χ0) is 14.0. The summed E-state index contributed by atoms with van der Waals surface area (Å²) in [6.07, 6.45) is 3.14. The van der Waals surface area contributed by atoms with Gasteiger partial charge in [-0.05, 0) is 19.8 Å². The van der Waals surface area contributed by atoms with Crippen molar-refractivity contribution in [3.63, 3.8) is 0 Å². The Hall–Kier alpha value is -2.18. The Bertz CT molecular complexity index is 518. The third-order valence-electron chi connectivity index (χ3n) is 3.34. The Morgan fingerprint density at radius 1 is 1.68 bits per heavy atom. The zero-order valence-electron chi connectivity index (χ0n) is 10.6. The molecule has 19 heavy (non-hydrogen) atoms. The van der Waals surface area contributed by atoms with Gasteiger partial charge in [-0.3, -0.25) is 14.9 Å². The maximum atomic E-state index is 10.9. The predicted octanol–water partition coefficient (Wildman–Crippen LogP) is 1.74. The van der Waals surface area contributed by atoms with Crippen LogP contribution in [0.2, 0.25) is 0 Å². The molecule has 0 spiro atoms. The van der Waals surface area contributed by atoms with Crippen molar-refractivity contribution in [2.45, 2.75) is 32.2 Å². The lowest BCUT2D eigenvalue weighted by molar-refractivity contribution is -0.385. The van der Waals surface area contributed by atoms with Crippen molar-refractivity contribution in [3.8, 4) is 0 Å². The minimum atomic E-state index is -0.862. The van der Waals surface area contributed by atoms with Gasteiger partial charge in [0.25, 0.3) is 5.69 Å². The summed E-state index contributed by atoms with van der Waals surface area (Å²) < 4.78 is 0. The molecule has 0 bridgehead atoms. The fourth-order valence-corrected chi connectivity index (χ4v) is 2.41. The molecule has 1 fully saturated rings. The highest BCUT2D eigenvalue weighted by atomic mass is 16.6. The number of anilines is 1. The molecule has 1 saturated heterocycles. The van der Waals surface area contributed by atoms with E-state index in [9.17, 15) is 14.9 Å². The van der Waals surface area contributed by atoms with Gasteiger partial charge in [0, 0.05) is 24.3 Å². The van der Waals surface area contributed by atoms with E-state index < -0.39 is 10.9 Å². The second-order valence-corrected chi connectivity index (χ2v) is 4.67. The number of aromatic nitrogens is 1. The molecule has 2 rings (SSSR count). The van der Waals surface area contributed by atoms with Crippen LogP contribution in [0.25, 0.3) is 0 Å². The van der Waals surface area contributed by atoms with Crippen LogP contribution in [-0.4, -0.2) is 33.6 Å². The molecule has 1 aliphatic heterocycles. The molecule has 1 atom stereocenters. The fourth-order valence-electron chi connectivity index (χ4n) is 2.41. The minimum absolute atomic E-state index is 0.0194. The third kappa shape index (κ3) is 2.81. The molecule has 0 saturated carbocycles. The number of aliphatic carboxylic acids is 1. The largest absolute Gasteiger partial charge is 0.481 e. The van der Waals surface area contributed by atoms with Gasteiger partial charge in [0.05, 0.1) is 17.4 Å². The molecule has 0 amide bonds. The molecule has 1 aliphatic rings. The van der Waals surface area contributed by atoms with Gasteiger partial charge in [-0.1, -0.05) is 0 Å². The van der Waals surface area contributed by atoms with Crippen LogP contribution in [-0.2, 0) is 4.79 Å². The highest BCUT2D eigenvalue weighted by Gasteiger charge is 2.28. The summed E-state index contributed by atoms with van der Waals surface area (Å²) in [4.78, 5) is 27.3. The van der Waals surface area contributed by atoms with Crippen LogP contribution in [0.15, 0.2) is 12.3 Å². The van der Waals surface area contributed by atoms with Crippen molar-refractivity contribution in [1.82, 2.24) is 4.98 Å². The van der Waals surface area contributed by atoms with Crippen LogP contribution in [0.4, 0.5) is 11.5 Å². The van der Waals surface area contributed by atoms with E-state index in [4.69, 9.17) is 5.11 Å². The number of carbonyl (C=O) groups is 1. The summed E-state index contributed by atoms with van der Waals surface area (Å²) in [6.45, 7) is 2.32. The molecular weight excluding hydrogens is 250 g/mol. The number of nitro groups is 1. The molecule has 0 aliphatic carbocycles. The minimum Gasteiger partial charge on any atom is -0.481 e. The topological polar surface area (TPSA) is 96.6 Å². The predicted molar refractivity (Wildman–Crippen MR) is 68.2 cm³/mol. The first-order chi connectivity index (χ1) is 8.99. The Kier molecular flexibility index (Phi) is 3.64. The summed E-state index contributed by atoms with van der Waals surface area (Å²) in [6, 6.07) is 1.29. The number of pyridine rings is 1. The van der Waals surface area contributed by atoms with E-state index in [1.165, 1.54) is 12.3 Å². The molecule has 7 heteroatoms. The van der Waals surface area contributed by atoms with E-state index >= 15 is 0 Å². The second kappa shape index (κ2) is 5.21. The summed E-state index contributed by atoms with van der Waals surface area (Å²) in [5, 5.41) is 19.8. The van der Waals surface area contributed by atoms with Crippen molar-refractivity contribution in [2.75, 3.05) is 11.4 Å². The average molecular weight is 265 g/mol. The smallest absolute Gasteiger partial charge is 0.305 e. The monoisotopic (exact) mass is 265 g/mol. The SMILES string of the molecule is Cc1cnc(N2CCCC2CC(=O)O)cc1[N+](=O)[O-]. The van der Waals surface area contributed by atoms with Crippen molar-refractivity contribution in [1.29, 1.82) is 0 Å². The second-order valence-electron chi connectivity index (χ2n) is 4.67. The van der Waals surface area contributed by atoms with Crippen molar-refractivity contribution in [2.24, 2.45) is 0 Å². The van der Waals surface area contributed by atoms with Gasteiger partial charge in [-0.2, -0.15) is 0 Å². The lowest BCUT2D eigenvalue weighted by Gasteiger charge is -2.24. The first kappa shape index (κ1) is 13.3. The number of carboxylic acids is 1. The lowest BCUT2D eigenvalue weighted by atomic mass is 10.1. The van der Waals surface area contributed by atoms with Gasteiger partial charge < -0.3 is 10.0 Å². The van der Waals surface area contributed by atoms with Crippen molar-refractivity contribution in [3.05, 3.63) is 27.9 Å². The molecule has 7 nitrogen and oxygen atoms in total. The maximum Gasteiger partial charge on any atom is 0.305 e. The Balaban J connectivity index is 2.28. The van der Waals surface area contributed by atoms with E-state index in [1.807, 2.05) is 4.90 Å². The Labute approximate surface area is 110 Å². The fraction of sp³-hybridized carbons (Fsp3) is 0.500. The van der Waals surface area contributed by atoms with Crippen LogP contribution < -0.4 is 4.90 Å². The molecule has 1 unspecified atom stereocenters. The third-order valence-corrected chi connectivity index (χ3v) is 3.34. The summed E-state index contributed by atoms with van der Waals surface area (Å²) >= 11 is 0. The van der Waals surface area contributed by atoms with Gasteiger partial charge in [-0.15, -0.1) is 0 Å². The normalized spacial score (nSPS) is 18.6. The van der Waals surface area contributed by atoms with Crippen LogP contribution in [0.5, 0.6) is 0 Å². The number of carboxylic acid groups (broad SMARTS) is 1. The number of hydrogen-bond donors (Lipinski definition) is 1. The number of nitrogens with zero attached hydrogens (tertiary/aromatic N) is 3. The van der Waals surface area contributed by atoms with E-state index in [1.54, 1.807) is 6.92 Å². The molecule has 102 valence electrons. The van der Waals surface area contributed by atoms with E-state index in [0.29, 0.717) is 17.9 Å². The summed E-state index contributed by atoms with van der Waals surface area (Å²) in [7, 11) is 0. The van der Waals surface area contributed by atoms with E-state index in [-0.39, 0.29) is 18.2 Å². The number of aryl methyl sites for hydroxylation is 1. The Morgan fingerprint density at radius 2 is 2.42 bits per heavy atom. The highest BCUT2D eigenvalue weighted by molar-refractivity contribution is 5.68. The van der Waals surface area contributed by atoms with Gasteiger partial charge in [-0.25, -0.2) is 4.98 Å².